The van der Waals surface area contributed by atoms with Crippen LogP contribution in [0.15, 0.2) is 48.7 Å². The summed E-state index contributed by atoms with van der Waals surface area (Å²) in [6, 6.07) is 15.6. The second kappa shape index (κ2) is 5.06. The van der Waals surface area contributed by atoms with Gasteiger partial charge in [0.2, 0.25) is 0 Å². The van der Waals surface area contributed by atoms with Crippen LogP contribution in [0.4, 0.5) is 5.69 Å². The summed E-state index contributed by atoms with van der Waals surface area (Å²) in [7, 11) is 0. The molecule has 0 spiro atoms. The Morgan fingerprint density at radius 1 is 1.20 bits per heavy atom. The van der Waals surface area contributed by atoms with E-state index in [4.69, 9.17) is 5.26 Å². The van der Waals surface area contributed by atoms with Crippen LogP contribution < -0.4 is 5.32 Å². The number of pyridine rings is 1. The summed E-state index contributed by atoms with van der Waals surface area (Å²) in [4.78, 5) is 4.53. The van der Waals surface area contributed by atoms with Gasteiger partial charge in [-0.25, -0.2) is 4.98 Å². The van der Waals surface area contributed by atoms with E-state index >= 15 is 0 Å². The SMILES string of the molecule is Cc1nc2ccccn2c1CNc1ccccc1C#N. The molecule has 98 valence electrons. The zero-order chi connectivity index (χ0) is 13.9. The van der Waals surface area contributed by atoms with Gasteiger partial charge >= 0.3 is 0 Å². The highest BCUT2D eigenvalue weighted by molar-refractivity contribution is 5.57. The fourth-order valence-corrected chi connectivity index (χ4v) is 2.29. The molecule has 0 aliphatic rings. The number of hydrogen-bond acceptors (Lipinski definition) is 3. The fourth-order valence-electron chi connectivity index (χ4n) is 2.29. The molecule has 0 bridgehead atoms. The lowest BCUT2D eigenvalue weighted by atomic mass is 10.2. The summed E-state index contributed by atoms with van der Waals surface area (Å²) in [5.74, 6) is 0. The van der Waals surface area contributed by atoms with E-state index in [0.29, 0.717) is 12.1 Å². The number of benzene rings is 1. The Labute approximate surface area is 117 Å². The van der Waals surface area contributed by atoms with E-state index in [9.17, 15) is 0 Å². The quantitative estimate of drug-likeness (QED) is 0.789. The smallest absolute Gasteiger partial charge is 0.137 e. The van der Waals surface area contributed by atoms with Crippen LogP contribution in [-0.4, -0.2) is 9.38 Å². The lowest BCUT2D eigenvalue weighted by Gasteiger charge is -2.08. The normalized spacial score (nSPS) is 10.4. The van der Waals surface area contributed by atoms with Gasteiger partial charge in [-0.1, -0.05) is 18.2 Å². The van der Waals surface area contributed by atoms with E-state index in [1.165, 1.54) is 0 Å². The second-order valence-electron chi connectivity index (χ2n) is 4.58. The topological polar surface area (TPSA) is 53.1 Å². The zero-order valence-corrected chi connectivity index (χ0v) is 11.2. The number of fused-ring (bicyclic) bond motifs is 1. The molecule has 0 aliphatic heterocycles. The molecule has 4 nitrogen and oxygen atoms in total. The molecular weight excluding hydrogens is 248 g/mol. The summed E-state index contributed by atoms with van der Waals surface area (Å²) >= 11 is 0. The van der Waals surface area contributed by atoms with Crippen molar-refractivity contribution in [3.05, 3.63) is 65.6 Å². The first-order chi connectivity index (χ1) is 9.79. The lowest BCUT2D eigenvalue weighted by molar-refractivity contribution is 0.986. The van der Waals surface area contributed by atoms with Gasteiger partial charge in [0, 0.05) is 6.20 Å². The predicted octanol–water partition coefficient (Wildman–Crippen LogP) is 3.13. The van der Waals surface area contributed by atoms with Gasteiger partial charge in [0.15, 0.2) is 0 Å². The molecule has 0 aliphatic carbocycles. The van der Waals surface area contributed by atoms with Crippen LogP contribution >= 0.6 is 0 Å². The Balaban J connectivity index is 1.91. The van der Waals surface area contributed by atoms with E-state index in [1.54, 1.807) is 0 Å². The number of nitrogens with one attached hydrogen (secondary N) is 1. The van der Waals surface area contributed by atoms with Gasteiger partial charge < -0.3 is 9.72 Å². The highest BCUT2D eigenvalue weighted by Crippen LogP contribution is 2.17. The van der Waals surface area contributed by atoms with Crippen LogP contribution in [0.1, 0.15) is 17.0 Å². The summed E-state index contributed by atoms with van der Waals surface area (Å²) in [5, 5.41) is 12.4. The van der Waals surface area contributed by atoms with Crippen molar-refractivity contribution in [3.63, 3.8) is 0 Å². The number of para-hydroxylation sites is 1. The Morgan fingerprint density at radius 2 is 2.00 bits per heavy atom. The van der Waals surface area contributed by atoms with E-state index < -0.39 is 0 Å². The summed E-state index contributed by atoms with van der Waals surface area (Å²) < 4.78 is 2.07. The molecule has 1 N–H and O–H groups in total. The number of aromatic nitrogens is 2. The van der Waals surface area contributed by atoms with Crippen molar-refractivity contribution in [1.29, 1.82) is 5.26 Å². The number of aryl methyl sites for hydroxylation is 1. The summed E-state index contributed by atoms with van der Waals surface area (Å²) in [5.41, 5.74) is 4.54. The molecule has 0 saturated heterocycles. The van der Waals surface area contributed by atoms with E-state index in [1.807, 2.05) is 55.6 Å². The molecule has 0 atom stereocenters. The molecule has 4 heteroatoms. The van der Waals surface area contributed by atoms with Crippen molar-refractivity contribution in [2.24, 2.45) is 0 Å². The third-order valence-electron chi connectivity index (χ3n) is 3.32. The van der Waals surface area contributed by atoms with Crippen molar-refractivity contribution in [2.75, 3.05) is 5.32 Å². The van der Waals surface area contributed by atoms with Gasteiger partial charge in [0.25, 0.3) is 0 Å². The molecule has 20 heavy (non-hydrogen) atoms. The molecule has 1 aromatic carbocycles. The largest absolute Gasteiger partial charge is 0.378 e. The first kappa shape index (κ1) is 12.2. The average molecular weight is 262 g/mol. The van der Waals surface area contributed by atoms with Crippen LogP contribution in [0.5, 0.6) is 0 Å². The van der Waals surface area contributed by atoms with Gasteiger partial charge in [0.1, 0.15) is 11.7 Å². The first-order valence-electron chi connectivity index (χ1n) is 6.45. The molecule has 0 amide bonds. The first-order valence-corrected chi connectivity index (χ1v) is 6.45. The van der Waals surface area contributed by atoms with Crippen LogP contribution in [0.25, 0.3) is 5.65 Å². The standard InChI is InChI=1S/C16H14N4/c1-12-15(20-9-5-4-8-16(20)19-12)11-18-14-7-3-2-6-13(14)10-17/h2-9,18H,11H2,1H3. The van der Waals surface area contributed by atoms with Gasteiger partial charge in [-0.3, -0.25) is 0 Å². The lowest BCUT2D eigenvalue weighted by Crippen LogP contribution is -2.05. The minimum absolute atomic E-state index is 0.635. The minimum atomic E-state index is 0.635. The predicted molar refractivity (Wildman–Crippen MR) is 78.4 cm³/mol. The number of anilines is 1. The molecule has 2 aromatic heterocycles. The van der Waals surface area contributed by atoms with Crippen molar-refractivity contribution in [1.82, 2.24) is 9.38 Å². The number of nitrogens with zero attached hydrogens (tertiary/aromatic N) is 3. The average Bonchev–Trinajstić information content (AvgIpc) is 2.81. The fraction of sp³-hybridized carbons (Fsp3) is 0.125. The molecule has 0 radical (unpaired) electrons. The highest BCUT2D eigenvalue weighted by Gasteiger charge is 2.08. The Morgan fingerprint density at radius 3 is 2.85 bits per heavy atom. The van der Waals surface area contributed by atoms with Crippen LogP contribution in [0.2, 0.25) is 0 Å². The molecule has 3 rings (SSSR count). The van der Waals surface area contributed by atoms with Gasteiger partial charge in [-0.2, -0.15) is 5.26 Å². The monoisotopic (exact) mass is 262 g/mol. The van der Waals surface area contributed by atoms with Crippen LogP contribution in [-0.2, 0) is 6.54 Å². The maximum Gasteiger partial charge on any atom is 0.137 e. The number of nitriles is 1. The highest BCUT2D eigenvalue weighted by atomic mass is 15.0. The maximum absolute atomic E-state index is 9.09. The van der Waals surface area contributed by atoms with E-state index in [0.717, 1.165) is 22.7 Å². The van der Waals surface area contributed by atoms with Crippen molar-refractivity contribution in [3.8, 4) is 6.07 Å². The second-order valence-corrected chi connectivity index (χ2v) is 4.58. The van der Waals surface area contributed by atoms with Gasteiger partial charge in [-0.05, 0) is 31.2 Å². The molecule has 2 heterocycles. The number of imidazole rings is 1. The third kappa shape index (κ3) is 2.10. The molecule has 0 fully saturated rings. The zero-order valence-electron chi connectivity index (χ0n) is 11.2. The minimum Gasteiger partial charge on any atom is -0.378 e. The third-order valence-corrected chi connectivity index (χ3v) is 3.32. The Hall–Kier alpha value is -2.80. The number of hydrogen-bond donors (Lipinski definition) is 1. The summed E-state index contributed by atoms with van der Waals surface area (Å²) in [6.07, 6.45) is 2.00. The van der Waals surface area contributed by atoms with Gasteiger partial charge in [-0.15, -0.1) is 0 Å². The molecule has 0 saturated carbocycles. The molecule has 3 aromatic rings. The van der Waals surface area contributed by atoms with Crippen molar-refractivity contribution in [2.45, 2.75) is 13.5 Å². The van der Waals surface area contributed by atoms with E-state index in [2.05, 4.69) is 20.8 Å². The Kier molecular flexibility index (Phi) is 3.10. The molecular formula is C16H14N4. The Bertz CT molecular complexity index is 796. The molecule has 0 unspecified atom stereocenters. The van der Waals surface area contributed by atoms with Crippen molar-refractivity contribution < 1.29 is 0 Å². The van der Waals surface area contributed by atoms with E-state index in [-0.39, 0.29) is 0 Å². The maximum atomic E-state index is 9.09. The van der Waals surface area contributed by atoms with Crippen LogP contribution in [0.3, 0.4) is 0 Å². The summed E-state index contributed by atoms with van der Waals surface area (Å²) in [6.45, 7) is 2.63. The van der Waals surface area contributed by atoms with Gasteiger partial charge in [0.05, 0.1) is 29.2 Å². The van der Waals surface area contributed by atoms with Crippen LogP contribution in [0, 0.1) is 18.3 Å². The van der Waals surface area contributed by atoms with Crippen molar-refractivity contribution >= 4 is 11.3 Å². The number of rotatable bonds is 3.